The fourth-order valence-electron chi connectivity index (χ4n) is 0.766. The van der Waals surface area contributed by atoms with Crippen LogP contribution in [0.5, 0.6) is 0 Å². The molecule has 1 heterocycles. The second-order valence-electron chi connectivity index (χ2n) is 4.03. The highest BCUT2D eigenvalue weighted by atomic mass is 35.5. The molecular formula is C10H13ClN2OS. The average molecular weight is 245 g/mol. The Kier molecular flexibility index (Phi) is 3.99. The number of rotatable bonds is 2. The van der Waals surface area contributed by atoms with Crippen LogP contribution in [-0.2, 0) is 11.0 Å². The molecule has 0 aliphatic carbocycles. The van der Waals surface area contributed by atoms with Crippen LogP contribution in [0, 0.1) is 0 Å². The van der Waals surface area contributed by atoms with Crippen molar-refractivity contribution in [3.05, 3.63) is 29.0 Å². The topological polar surface area (TPSA) is 42.3 Å². The lowest BCUT2D eigenvalue weighted by Crippen LogP contribution is -2.19. The number of halogens is 1. The third kappa shape index (κ3) is 4.10. The summed E-state index contributed by atoms with van der Waals surface area (Å²) in [7, 11) is -1.25. The molecule has 82 valence electrons. The van der Waals surface area contributed by atoms with Crippen LogP contribution in [0.15, 0.2) is 22.9 Å². The Bertz CT molecular complexity index is 399. The van der Waals surface area contributed by atoms with E-state index >= 15 is 0 Å². The van der Waals surface area contributed by atoms with E-state index in [4.69, 9.17) is 11.6 Å². The van der Waals surface area contributed by atoms with Gasteiger partial charge in [0, 0.05) is 24.2 Å². The van der Waals surface area contributed by atoms with E-state index in [9.17, 15) is 4.21 Å². The van der Waals surface area contributed by atoms with Crippen LogP contribution in [0.1, 0.15) is 26.3 Å². The molecule has 1 rings (SSSR count). The van der Waals surface area contributed by atoms with Crippen LogP contribution in [0.3, 0.4) is 0 Å². The van der Waals surface area contributed by atoms with Crippen molar-refractivity contribution in [2.75, 3.05) is 0 Å². The van der Waals surface area contributed by atoms with Crippen LogP contribution in [-0.4, -0.2) is 20.2 Å². The SMILES string of the molecule is CC(C)(C)[S@](=O)/N=C/c1cncc(Cl)c1. The highest BCUT2D eigenvalue weighted by Crippen LogP contribution is 2.12. The van der Waals surface area contributed by atoms with Crippen LogP contribution in [0.25, 0.3) is 0 Å². The molecule has 0 bridgehead atoms. The van der Waals surface area contributed by atoms with Crippen molar-refractivity contribution in [1.82, 2.24) is 4.98 Å². The maximum atomic E-state index is 11.6. The molecule has 0 spiro atoms. The predicted octanol–water partition coefficient (Wildman–Crippen LogP) is 2.62. The Morgan fingerprint density at radius 1 is 1.47 bits per heavy atom. The summed E-state index contributed by atoms with van der Waals surface area (Å²) >= 11 is 5.75. The van der Waals surface area contributed by atoms with E-state index in [-0.39, 0.29) is 4.75 Å². The monoisotopic (exact) mass is 244 g/mol. The van der Waals surface area contributed by atoms with Crippen LogP contribution in [0.4, 0.5) is 0 Å². The molecule has 0 N–H and O–H groups in total. The first-order valence-corrected chi connectivity index (χ1v) is 5.95. The molecule has 1 aromatic heterocycles. The van der Waals surface area contributed by atoms with E-state index in [0.717, 1.165) is 5.56 Å². The standard InChI is InChI=1S/C10H13ClN2OS/c1-10(2,3)15(14)13-6-8-4-9(11)7-12-5-8/h4-7H,1-3H3/b13-6+/t15-/m0/s1. The summed E-state index contributed by atoms with van der Waals surface area (Å²) in [6.45, 7) is 5.62. The second-order valence-corrected chi connectivity index (χ2v) is 6.40. The fourth-order valence-corrected chi connectivity index (χ4v) is 1.48. The largest absolute Gasteiger partial charge is 0.262 e. The molecule has 0 aromatic carbocycles. The molecule has 0 aliphatic heterocycles. The van der Waals surface area contributed by atoms with Crippen molar-refractivity contribution >= 4 is 28.8 Å². The number of hydrogen-bond donors (Lipinski definition) is 0. The third-order valence-electron chi connectivity index (χ3n) is 1.55. The highest BCUT2D eigenvalue weighted by Gasteiger charge is 2.17. The Hall–Kier alpha value is -0.740. The zero-order valence-corrected chi connectivity index (χ0v) is 10.5. The quantitative estimate of drug-likeness (QED) is 0.751. The summed E-state index contributed by atoms with van der Waals surface area (Å²) in [6.07, 6.45) is 4.69. The lowest BCUT2D eigenvalue weighted by atomic mass is 10.3. The molecule has 5 heteroatoms. The van der Waals surface area contributed by atoms with Gasteiger partial charge < -0.3 is 0 Å². The van der Waals surface area contributed by atoms with E-state index in [1.165, 1.54) is 6.21 Å². The highest BCUT2D eigenvalue weighted by molar-refractivity contribution is 7.85. The second kappa shape index (κ2) is 4.86. The minimum atomic E-state index is -1.25. The van der Waals surface area contributed by atoms with E-state index in [1.807, 2.05) is 20.8 Å². The minimum absolute atomic E-state index is 0.345. The summed E-state index contributed by atoms with van der Waals surface area (Å²) in [5.41, 5.74) is 0.750. The normalized spacial score (nSPS) is 14.4. The third-order valence-corrected chi connectivity index (χ3v) is 3.10. The molecule has 0 aliphatic rings. The van der Waals surface area contributed by atoms with Gasteiger partial charge in [-0.3, -0.25) is 4.98 Å². The first kappa shape index (κ1) is 12.3. The fraction of sp³-hybridized carbons (Fsp3) is 0.400. The molecule has 0 saturated heterocycles. The summed E-state index contributed by atoms with van der Waals surface area (Å²) in [6, 6.07) is 1.72. The predicted molar refractivity (Wildman–Crippen MR) is 64.7 cm³/mol. The van der Waals surface area contributed by atoms with Crippen molar-refractivity contribution in [3.63, 3.8) is 0 Å². The maximum absolute atomic E-state index is 11.6. The first-order valence-electron chi connectivity index (χ1n) is 4.46. The molecule has 0 radical (unpaired) electrons. The molecule has 0 saturated carbocycles. The number of pyridine rings is 1. The van der Waals surface area contributed by atoms with E-state index < -0.39 is 11.0 Å². The average Bonchev–Trinajstić information content (AvgIpc) is 2.12. The Morgan fingerprint density at radius 2 is 2.13 bits per heavy atom. The summed E-state index contributed by atoms with van der Waals surface area (Å²) in [5, 5.41) is 0.542. The van der Waals surface area contributed by atoms with Crippen LogP contribution >= 0.6 is 11.6 Å². The number of aromatic nitrogens is 1. The molecule has 3 nitrogen and oxygen atoms in total. The Labute approximate surface area is 97.2 Å². The van der Waals surface area contributed by atoms with Crippen molar-refractivity contribution in [3.8, 4) is 0 Å². The van der Waals surface area contributed by atoms with Crippen molar-refractivity contribution in [2.24, 2.45) is 4.40 Å². The van der Waals surface area contributed by atoms with Gasteiger partial charge in [-0.2, -0.15) is 4.40 Å². The summed E-state index contributed by atoms with van der Waals surface area (Å²) in [5.74, 6) is 0. The first-order chi connectivity index (χ1) is 6.89. The molecule has 1 atom stereocenters. The van der Waals surface area contributed by atoms with E-state index in [1.54, 1.807) is 18.5 Å². The van der Waals surface area contributed by atoms with Gasteiger partial charge in [0.05, 0.1) is 9.77 Å². The minimum Gasteiger partial charge on any atom is -0.262 e. The molecule has 0 fully saturated rings. The molecule has 1 aromatic rings. The van der Waals surface area contributed by atoms with Crippen molar-refractivity contribution in [1.29, 1.82) is 0 Å². The Morgan fingerprint density at radius 3 is 2.67 bits per heavy atom. The Balaban J connectivity index is 2.79. The zero-order valence-electron chi connectivity index (χ0n) is 8.90. The van der Waals surface area contributed by atoms with Gasteiger partial charge in [-0.05, 0) is 26.8 Å². The van der Waals surface area contributed by atoms with Crippen molar-refractivity contribution < 1.29 is 4.21 Å². The van der Waals surface area contributed by atoms with E-state index in [0.29, 0.717) is 5.02 Å². The van der Waals surface area contributed by atoms with Gasteiger partial charge >= 0.3 is 0 Å². The van der Waals surface area contributed by atoms with Gasteiger partial charge in [-0.1, -0.05) is 11.6 Å². The van der Waals surface area contributed by atoms with Gasteiger partial charge in [0.1, 0.15) is 11.0 Å². The van der Waals surface area contributed by atoms with Gasteiger partial charge in [-0.25, -0.2) is 4.21 Å². The van der Waals surface area contributed by atoms with Crippen LogP contribution < -0.4 is 0 Å². The number of nitrogens with zero attached hydrogens (tertiary/aromatic N) is 2. The summed E-state index contributed by atoms with van der Waals surface area (Å²) in [4.78, 5) is 3.90. The lowest BCUT2D eigenvalue weighted by Gasteiger charge is -2.12. The van der Waals surface area contributed by atoms with E-state index in [2.05, 4.69) is 9.38 Å². The summed E-state index contributed by atoms with van der Waals surface area (Å²) < 4.78 is 15.2. The molecular weight excluding hydrogens is 232 g/mol. The van der Waals surface area contributed by atoms with Gasteiger partial charge in [0.15, 0.2) is 0 Å². The van der Waals surface area contributed by atoms with Gasteiger partial charge in [0.25, 0.3) is 0 Å². The van der Waals surface area contributed by atoms with Crippen LogP contribution in [0.2, 0.25) is 5.02 Å². The number of hydrogen-bond acceptors (Lipinski definition) is 2. The maximum Gasteiger partial charge on any atom is 0.144 e. The molecule has 0 unspecified atom stereocenters. The molecule has 15 heavy (non-hydrogen) atoms. The molecule has 0 amide bonds. The smallest absolute Gasteiger partial charge is 0.144 e. The zero-order chi connectivity index (χ0) is 11.5. The lowest BCUT2D eigenvalue weighted by molar-refractivity contribution is 0.651. The van der Waals surface area contributed by atoms with Gasteiger partial charge in [-0.15, -0.1) is 0 Å². The van der Waals surface area contributed by atoms with Crippen molar-refractivity contribution in [2.45, 2.75) is 25.5 Å². The van der Waals surface area contributed by atoms with Gasteiger partial charge in [0.2, 0.25) is 0 Å².